The van der Waals surface area contributed by atoms with Gasteiger partial charge in [0.25, 0.3) is 0 Å². The number of aromatic nitrogens is 1. The van der Waals surface area contributed by atoms with Crippen LogP contribution < -0.4 is 0 Å². The van der Waals surface area contributed by atoms with Crippen molar-refractivity contribution in [3.05, 3.63) is 29.0 Å². The number of hydrogen-bond donors (Lipinski definition) is 1. The van der Waals surface area contributed by atoms with Gasteiger partial charge in [-0.3, -0.25) is 4.99 Å². The Morgan fingerprint density at radius 3 is 2.82 bits per heavy atom. The van der Waals surface area contributed by atoms with E-state index in [9.17, 15) is 0 Å². The zero-order valence-electron chi connectivity index (χ0n) is 9.84. The third kappa shape index (κ3) is 4.03. The molecule has 6 heteroatoms. The highest BCUT2D eigenvalue weighted by molar-refractivity contribution is 6.29. The lowest BCUT2D eigenvalue weighted by atomic mass is 10.2. The summed E-state index contributed by atoms with van der Waals surface area (Å²) in [4.78, 5) is 10.0. The van der Waals surface area contributed by atoms with Crippen LogP contribution in [0.15, 0.2) is 28.5 Å². The van der Waals surface area contributed by atoms with E-state index in [0.29, 0.717) is 17.5 Å². The average Bonchev–Trinajstić information content (AvgIpc) is 2.36. The van der Waals surface area contributed by atoms with E-state index < -0.39 is 0 Å². The van der Waals surface area contributed by atoms with Crippen molar-refractivity contribution in [1.29, 1.82) is 0 Å². The van der Waals surface area contributed by atoms with Crippen molar-refractivity contribution in [1.82, 2.24) is 9.88 Å². The fourth-order valence-electron chi connectivity index (χ4n) is 1.41. The Labute approximate surface area is 105 Å². The molecule has 0 unspecified atom stereocenters. The molecule has 5 nitrogen and oxygen atoms in total. The van der Waals surface area contributed by atoms with Crippen LogP contribution >= 0.6 is 11.6 Å². The van der Waals surface area contributed by atoms with E-state index in [4.69, 9.17) is 16.8 Å². The highest BCUT2D eigenvalue weighted by atomic mass is 35.5. The Balaban J connectivity index is 2.79. The molecule has 0 fully saturated rings. The third-order valence-corrected chi connectivity index (χ3v) is 2.49. The first kappa shape index (κ1) is 13.4. The summed E-state index contributed by atoms with van der Waals surface area (Å²) in [5.41, 5.74) is 1.02. The van der Waals surface area contributed by atoms with E-state index in [2.05, 4.69) is 15.1 Å². The summed E-state index contributed by atoms with van der Waals surface area (Å²) >= 11 is 5.72. The van der Waals surface area contributed by atoms with Gasteiger partial charge in [0.2, 0.25) is 0 Å². The zero-order chi connectivity index (χ0) is 12.7. The van der Waals surface area contributed by atoms with Crippen LogP contribution in [0.1, 0.15) is 12.5 Å². The fourth-order valence-corrected chi connectivity index (χ4v) is 1.52. The molecule has 1 aromatic heterocycles. The molecule has 0 aromatic carbocycles. The second-order valence-corrected chi connectivity index (χ2v) is 3.72. The number of rotatable bonds is 4. The normalized spacial score (nSPS) is 12.1. The number of amidine groups is 1. The summed E-state index contributed by atoms with van der Waals surface area (Å²) in [7, 11) is 1.65. The topological polar surface area (TPSA) is 61.1 Å². The minimum absolute atomic E-state index is 0.470. The maximum atomic E-state index is 8.55. The first-order valence-corrected chi connectivity index (χ1v) is 5.58. The SMILES string of the molecule is CCN(Cc1ccc(Cl)nc1)C(/C=N/O)=NC. The summed E-state index contributed by atoms with van der Waals surface area (Å²) in [5, 5.41) is 12.0. The van der Waals surface area contributed by atoms with E-state index in [1.165, 1.54) is 6.21 Å². The van der Waals surface area contributed by atoms with Gasteiger partial charge in [0, 0.05) is 26.3 Å². The first-order chi connectivity index (χ1) is 8.21. The van der Waals surface area contributed by atoms with Crippen LogP contribution in [0.3, 0.4) is 0 Å². The van der Waals surface area contributed by atoms with Crippen molar-refractivity contribution in [3.8, 4) is 0 Å². The smallest absolute Gasteiger partial charge is 0.145 e. The Morgan fingerprint density at radius 2 is 2.35 bits per heavy atom. The molecule has 0 saturated carbocycles. The summed E-state index contributed by atoms with van der Waals surface area (Å²) < 4.78 is 0. The predicted molar refractivity (Wildman–Crippen MR) is 69.0 cm³/mol. The molecular formula is C11H15ClN4O. The zero-order valence-corrected chi connectivity index (χ0v) is 10.6. The van der Waals surface area contributed by atoms with Crippen LogP contribution in [0.25, 0.3) is 0 Å². The fraction of sp³-hybridized carbons (Fsp3) is 0.364. The Kier molecular flexibility index (Phi) is 5.42. The molecule has 0 spiro atoms. The number of oxime groups is 1. The molecule has 0 atom stereocenters. The Hall–Kier alpha value is -1.62. The summed E-state index contributed by atoms with van der Waals surface area (Å²) in [6, 6.07) is 3.65. The van der Waals surface area contributed by atoms with Crippen molar-refractivity contribution in [2.45, 2.75) is 13.5 Å². The maximum Gasteiger partial charge on any atom is 0.145 e. The van der Waals surface area contributed by atoms with Gasteiger partial charge in [-0.2, -0.15) is 0 Å². The molecule has 0 bridgehead atoms. The quantitative estimate of drug-likeness (QED) is 0.294. The van der Waals surface area contributed by atoms with Crippen LogP contribution in [0.4, 0.5) is 0 Å². The summed E-state index contributed by atoms with van der Waals surface area (Å²) in [5.74, 6) is 0.616. The number of aliphatic imine (C=N–C) groups is 1. The number of nitrogens with zero attached hydrogens (tertiary/aromatic N) is 4. The Bertz CT molecular complexity index is 402. The molecule has 1 N–H and O–H groups in total. The molecule has 0 aliphatic rings. The van der Waals surface area contributed by atoms with Crippen molar-refractivity contribution in [2.24, 2.45) is 10.1 Å². The minimum atomic E-state index is 0.470. The van der Waals surface area contributed by atoms with E-state index in [-0.39, 0.29) is 0 Å². The van der Waals surface area contributed by atoms with Crippen molar-refractivity contribution in [2.75, 3.05) is 13.6 Å². The molecule has 92 valence electrons. The molecule has 0 radical (unpaired) electrons. The second kappa shape index (κ2) is 6.85. The number of hydrogen-bond acceptors (Lipinski definition) is 4. The number of pyridine rings is 1. The van der Waals surface area contributed by atoms with Crippen molar-refractivity contribution >= 4 is 23.7 Å². The monoisotopic (exact) mass is 254 g/mol. The van der Waals surface area contributed by atoms with Gasteiger partial charge in [0.05, 0.1) is 0 Å². The standard InChI is InChI=1S/C11H15ClN4O/c1-3-16(11(13-2)7-15-17)8-9-4-5-10(12)14-6-9/h4-7,17H,3,8H2,1-2H3/b13-11?,15-7+. The molecule has 1 aromatic rings. The first-order valence-electron chi connectivity index (χ1n) is 5.20. The van der Waals surface area contributed by atoms with Crippen LogP contribution in [0.5, 0.6) is 0 Å². The second-order valence-electron chi connectivity index (χ2n) is 3.33. The molecular weight excluding hydrogens is 240 g/mol. The van der Waals surface area contributed by atoms with E-state index in [1.807, 2.05) is 17.9 Å². The maximum absolute atomic E-state index is 8.55. The molecule has 0 aliphatic carbocycles. The molecule has 1 heterocycles. The molecule has 0 amide bonds. The predicted octanol–water partition coefficient (Wildman–Crippen LogP) is 2.05. The largest absolute Gasteiger partial charge is 0.411 e. The minimum Gasteiger partial charge on any atom is -0.411 e. The van der Waals surface area contributed by atoms with Gasteiger partial charge in [-0.25, -0.2) is 4.98 Å². The highest BCUT2D eigenvalue weighted by Crippen LogP contribution is 2.08. The van der Waals surface area contributed by atoms with Crippen molar-refractivity contribution < 1.29 is 5.21 Å². The molecule has 17 heavy (non-hydrogen) atoms. The van der Waals surface area contributed by atoms with Crippen molar-refractivity contribution in [3.63, 3.8) is 0 Å². The lowest BCUT2D eigenvalue weighted by Crippen LogP contribution is -2.31. The molecule has 0 saturated heterocycles. The summed E-state index contributed by atoms with van der Waals surface area (Å²) in [6.07, 6.45) is 3.03. The van der Waals surface area contributed by atoms with E-state index >= 15 is 0 Å². The van der Waals surface area contributed by atoms with E-state index in [1.54, 1.807) is 19.3 Å². The lowest BCUT2D eigenvalue weighted by molar-refractivity contribution is 0.321. The van der Waals surface area contributed by atoms with Crippen LogP contribution in [-0.4, -0.2) is 40.7 Å². The van der Waals surface area contributed by atoms with Crippen LogP contribution in [0, 0.1) is 0 Å². The van der Waals surface area contributed by atoms with Crippen LogP contribution in [0.2, 0.25) is 5.15 Å². The van der Waals surface area contributed by atoms with Gasteiger partial charge in [-0.05, 0) is 18.6 Å². The van der Waals surface area contributed by atoms with Gasteiger partial charge < -0.3 is 10.1 Å². The highest BCUT2D eigenvalue weighted by Gasteiger charge is 2.07. The average molecular weight is 255 g/mol. The lowest BCUT2D eigenvalue weighted by Gasteiger charge is -2.21. The van der Waals surface area contributed by atoms with Gasteiger partial charge >= 0.3 is 0 Å². The molecule has 0 aliphatic heterocycles. The van der Waals surface area contributed by atoms with E-state index in [0.717, 1.165) is 12.1 Å². The van der Waals surface area contributed by atoms with Gasteiger partial charge in [-0.1, -0.05) is 22.8 Å². The Morgan fingerprint density at radius 1 is 1.59 bits per heavy atom. The summed E-state index contributed by atoms with van der Waals surface area (Å²) in [6.45, 7) is 3.39. The van der Waals surface area contributed by atoms with Gasteiger partial charge in [0.15, 0.2) is 0 Å². The van der Waals surface area contributed by atoms with Gasteiger partial charge in [-0.15, -0.1) is 0 Å². The van der Waals surface area contributed by atoms with Crippen LogP contribution in [-0.2, 0) is 6.54 Å². The van der Waals surface area contributed by atoms with Gasteiger partial charge in [0.1, 0.15) is 17.2 Å². The third-order valence-electron chi connectivity index (χ3n) is 2.27. The molecule has 1 rings (SSSR count). The number of halogens is 1.